The molecule has 0 bridgehead atoms. The Morgan fingerprint density at radius 2 is 2.15 bits per heavy atom. The van der Waals surface area contributed by atoms with Gasteiger partial charge >= 0.3 is 0 Å². The second-order valence-electron chi connectivity index (χ2n) is 6.39. The Morgan fingerprint density at radius 3 is 2.77 bits per heavy atom. The van der Waals surface area contributed by atoms with E-state index in [1.807, 2.05) is 32.0 Å². The molecule has 0 aliphatic rings. The van der Waals surface area contributed by atoms with Gasteiger partial charge in [-0.25, -0.2) is 4.68 Å². The van der Waals surface area contributed by atoms with Gasteiger partial charge in [-0.3, -0.25) is 9.59 Å². The Balaban J connectivity index is 2.03. The summed E-state index contributed by atoms with van der Waals surface area (Å²) in [6, 6.07) is 1.78. The molecule has 0 aliphatic carbocycles. The number of hydrogen-bond donors (Lipinski definition) is 1. The van der Waals surface area contributed by atoms with Gasteiger partial charge in [0, 0.05) is 38.1 Å². The predicted molar refractivity (Wildman–Crippen MR) is 101 cm³/mol. The zero-order valence-corrected chi connectivity index (χ0v) is 16.6. The Hall–Kier alpha value is -2.20. The molecule has 1 amide bonds. The fourth-order valence-corrected chi connectivity index (χ4v) is 3.32. The van der Waals surface area contributed by atoms with Crippen molar-refractivity contribution in [2.45, 2.75) is 25.0 Å². The first-order valence-electron chi connectivity index (χ1n) is 8.31. The summed E-state index contributed by atoms with van der Waals surface area (Å²) < 4.78 is 3.18. The molecular formula is C16H25N7O2S. The summed E-state index contributed by atoms with van der Waals surface area (Å²) in [5, 5.41) is 14.7. The number of hydrogen-bond acceptors (Lipinski definition) is 7. The number of nitrogens with zero attached hydrogens (tertiary/aromatic N) is 6. The van der Waals surface area contributed by atoms with Crippen molar-refractivity contribution in [1.82, 2.24) is 35.0 Å². The van der Waals surface area contributed by atoms with E-state index < -0.39 is 0 Å². The van der Waals surface area contributed by atoms with Gasteiger partial charge in [-0.15, -0.1) is 5.10 Å². The van der Waals surface area contributed by atoms with Crippen LogP contribution in [-0.2, 0) is 7.05 Å². The average Bonchev–Trinajstić information content (AvgIpc) is 2.96. The number of likely N-dealkylation sites (N-methyl/N-ethyl adjacent to an activating group) is 1. The third-order valence-electron chi connectivity index (χ3n) is 3.86. The van der Waals surface area contributed by atoms with E-state index in [4.69, 9.17) is 0 Å². The molecule has 0 radical (unpaired) electrons. The van der Waals surface area contributed by atoms with E-state index >= 15 is 0 Å². The van der Waals surface area contributed by atoms with Gasteiger partial charge in [0.2, 0.25) is 5.16 Å². The molecule has 2 aromatic rings. The Labute approximate surface area is 156 Å². The summed E-state index contributed by atoms with van der Waals surface area (Å²) in [6.07, 6.45) is 1.75. The first kappa shape index (κ1) is 20.1. The number of amides is 1. The Morgan fingerprint density at radius 1 is 1.42 bits per heavy atom. The molecule has 1 N–H and O–H groups in total. The zero-order chi connectivity index (χ0) is 19.3. The largest absolute Gasteiger partial charge is 0.351 e. The van der Waals surface area contributed by atoms with Crippen molar-refractivity contribution >= 4 is 17.7 Å². The van der Waals surface area contributed by atoms with Crippen molar-refractivity contribution in [2.24, 2.45) is 7.05 Å². The number of carbonyl (C=O) groups is 1. The molecule has 26 heavy (non-hydrogen) atoms. The molecule has 0 aliphatic heterocycles. The Kier molecular flexibility index (Phi) is 6.92. The van der Waals surface area contributed by atoms with Gasteiger partial charge in [-0.05, 0) is 50.0 Å². The van der Waals surface area contributed by atoms with Crippen LogP contribution in [0.25, 0.3) is 0 Å². The highest BCUT2D eigenvalue weighted by atomic mass is 32.2. The van der Waals surface area contributed by atoms with E-state index in [0.717, 1.165) is 0 Å². The number of thioether (sulfide) groups is 1. The Bertz CT molecular complexity index is 815. The van der Waals surface area contributed by atoms with Crippen molar-refractivity contribution in [3.8, 4) is 0 Å². The molecule has 2 heterocycles. The van der Waals surface area contributed by atoms with Gasteiger partial charge in [-0.2, -0.15) is 0 Å². The van der Waals surface area contributed by atoms with Gasteiger partial charge in [0.1, 0.15) is 5.56 Å². The molecule has 1 unspecified atom stereocenters. The van der Waals surface area contributed by atoms with Crippen LogP contribution in [0.15, 0.2) is 22.2 Å². The molecule has 9 nitrogen and oxygen atoms in total. The maximum atomic E-state index is 12.8. The fourth-order valence-electron chi connectivity index (χ4n) is 2.62. The molecule has 2 rings (SSSR count). The summed E-state index contributed by atoms with van der Waals surface area (Å²) in [5.41, 5.74) is 0.608. The smallest absolute Gasteiger partial charge is 0.263 e. The van der Waals surface area contributed by atoms with Crippen LogP contribution in [0.3, 0.4) is 0 Å². The second-order valence-corrected chi connectivity index (χ2v) is 7.45. The standard InChI is InChI=1S/C16H25N7O2S/c1-11-6-8-23(12(2)10-21(3)4)15(25)13(11)14(24)17-7-9-26-16-18-19-20-22(16)5/h6,8,12H,7,9-10H2,1-5H3,(H,17,24). The number of tetrazole rings is 1. The SMILES string of the molecule is Cc1ccn(C(C)CN(C)C)c(=O)c1C(=O)NCCSc1nnnn1C. The van der Waals surface area contributed by atoms with Crippen LogP contribution in [0.2, 0.25) is 0 Å². The lowest BCUT2D eigenvalue weighted by Crippen LogP contribution is -2.37. The van der Waals surface area contributed by atoms with Gasteiger partial charge in [0.15, 0.2) is 0 Å². The third-order valence-corrected chi connectivity index (χ3v) is 4.87. The topological polar surface area (TPSA) is 97.9 Å². The summed E-state index contributed by atoms with van der Waals surface area (Å²) in [4.78, 5) is 27.3. The minimum absolute atomic E-state index is 0.0244. The lowest BCUT2D eigenvalue weighted by atomic mass is 10.1. The molecule has 0 fully saturated rings. The first-order chi connectivity index (χ1) is 12.3. The van der Waals surface area contributed by atoms with Gasteiger partial charge in [-0.1, -0.05) is 11.8 Å². The van der Waals surface area contributed by atoms with Crippen LogP contribution in [-0.4, -0.2) is 68.5 Å². The van der Waals surface area contributed by atoms with Crippen LogP contribution >= 0.6 is 11.8 Å². The van der Waals surface area contributed by atoms with Crippen LogP contribution in [0, 0.1) is 6.92 Å². The highest BCUT2D eigenvalue weighted by Gasteiger charge is 2.18. The molecular weight excluding hydrogens is 354 g/mol. The summed E-state index contributed by atoms with van der Waals surface area (Å²) in [6.45, 7) is 4.87. The maximum Gasteiger partial charge on any atom is 0.263 e. The van der Waals surface area contributed by atoms with E-state index in [9.17, 15) is 9.59 Å². The number of nitrogens with one attached hydrogen (secondary N) is 1. The molecule has 0 saturated heterocycles. The van der Waals surface area contributed by atoms with Crippen molar-refractivity contribution in [2.75, 3.05) is 32.9 Å². The average molecular weight is 379 g/mol. The van der Waals surface area contributed by atoms with Gasteiger partial charge < -0.3 is 14.8 Å². The lowest BCUT2D eigenvalue weighted by molar-refractivity contribution is 0.0953. The van der Waals surface area contributed by atoms with Crippen molar-refractivity contribution in [3.63, 3.8) is 0 Å². The quantitative estimate of drug-likeness (QED) is 0.521. The van der Waals surface area contributed by atoms with E-state index in [1.54, 1.807) is 29.4 Å². The minimum atomic E-state index is -0.351. The minimum Gasteiger partial charge on any atom is -0.351 e. The summed E-state index contributed by atoms with van der Waals surface area (Å²) in [5.74, 6) is 0.257. The molecule has 0 aromatic carbocycles. The monoisotopic (exact) mass is 379 g/mol. The van der Waals surface area contributed by atoms with Crippen LogP contribution in [0.1, 0.15) is 28.9 Å². The highest BCUT2D eigenvalue weighted by molar-refractivity contribution is 7.99. The maximum absolute atomic E-state index is 12.8. The summed E-state index contributed by atoms with van der Waals surface area (Å²) in [7, 11) is 5.66. The van der Waals surface area contributed by atoms with Crippen LogP contribution in [0.4, 0.5) is 0 Å². The first-order valence-corrected chi connectivity index (χ1v) is 9.29. The van der Waals surface area contributed by atoms with E-state index in [-0.39, 0.29) is 23.1 Å². The normalized spacial score (nSPS) is 12.4. The van der Waals surface area contributed by atoms with E-state index in [1.165, 1.54) is 11.8 Å². The van der Waals surface area contributed by atoms with Gasteiger partial charge in [0.25, 0.3) is 11.5 Å². The van der Waals surface area contributed by atoms with Gasteiger partial charge in [0.05, 0.1) is 0 Å². The number of rotatable bonds is 8. The van der Waals surface area contributed by atoms with E-state index in [2.05, 4.69) is 20.8 Å². The molecule has 2 aromatic heterocycles. The van der Waals surface area contributed by atoms with Crippen molar-refractivity contribution in [1.29, 1.82) is 0 Å². The lowest BCUT2D eigenvalue weighted by Gasteiger charge is -2.20. The molecule has 10 heteroatoms. The third kappa shape index (κ3) is 4.92. The second kappa shape index (κ2) is 8.95. The molecule has 142 valence electrons. The van der Waals surface area contributed by atoms with Crippen LogP contribution in [0.5, 0.6) is 0 Å². The predicted octanol–water partition coefficient (Wildman–Crippen LogP) is 0.325. The molecule has 1 atom stereocenters. The highest BCUT2D eigenvalue weighted by Crippen LogP contribution is 2.11. The zero-order valence-electron chi connectivity index (χ0n) is 15.8. The van der Waals surface area contributed by atoms with E-state index in [0.29, 0.717) is 29.6 Å². The number of aryl methyl sites for hydroxylation is 2. The van der Waals surface area contributed by atoms with Crippen LogP contribution < -0.4 is 10.9 Å². The fraction of sp³-hybridized carbons (Fsp3) is 0.562. The van der Waals surface area contributed by atoms with Crippen molar-refractivity contribution < 1.29 is 4.79 Å². The molecule has 0 saturated carbocycles. The number of pyridine rings is 1. The van der Waals surface area contributed by atoms with Crippen molar-refractivity contribution in [3.05, 3.63) is 33.7 Å². The number of aromatic nitrogens is 5. The molecule has 0 spiro atoms. The number of carbonyl (C=O) groups excluding carboxylic acids is 1. The summed E-state index contributed by atoms with van der Waals surface area (Å²) >= 11 is 1.44.